The quantitative estimate of drug-likeness (QED) is 0.356. The minimum atomic E-state index is -0.722. The maximum Gasteiger partial charge on any atom is 0.271 e. The molecule has 1 aromatic heterocycles. The molecule has 5 rings (SSSR count). The van der Waals surface area contributed by atoms with Crippen LogP contribution in [0.25, 0.3) is 12.2 Å². The molecule has 8 heteroatoms. The number of hydrogen-bond donors (Lipinski definition) is 1. The van der Waals surface area contributed by atoms with Crippen molar-refractivity contribution in [2.45, 2.75) is 19.9 Å². The summed E-state index contributed by atoms with van der Waals surface area (Å²) in [5.41, 5.74) is 4.06. The third-order valence-electron chi connectivity index (χ3n) is 6.72. The zero-order chi connectivity index (χ0) is 28.2. The Morgan fingerprint density at radius 3 is 2.42 bits per heavy atom. The number of thiazole rings is 1. The van der Waals surface area contributed by atoms with Crippen molar-refractivity contribution in [1.82, 2.24) is 4.57 Å². The number of aromatic nitrogens is 1. The molecule has 0 unspecified atom stereocenters. The number of para-hydroxylation sites is 1. The van der Waals surface area contributed by atoms with Gasteiger partial charge in [0.15, 0.2) is 16.3 Å². The number of nitrogens with one attached hydrogen (secondary N) is 1. The van der Waals surface area contributed by atoms with Gasteiger partial charge in [0.05, 0.1) is 36.1 Å². The molecule has 1 N–H and O–H groups in total. The Hall–Kier alpha value is -4.69. The summed E-state index contributed by atoms with van der Waals surface area (Å²) in [5.74, 6) is 0.728. The van der Waals surface area contributed by atoms with E-state index in [1.165, 1.54) is 11.3 Å². The summed E-state index contributed by atoms with van der Waals surface area (Å²) in [6.07, 6.45) is 5.58. The first-order chi connectivity index (χ1) is 19.4. The lowest BCUT2D eigenvalue weighted by Crippen LogP contribution is -2.40. The van der Waals surface area contributed by atoms with Gasteiger partial charge < -0.3 is 14.8 Å². The summed E-state index contributed by atoms with van der Waals surface area (Å²) in [6.45, 7) is 3.73. The Balaban J connectivity index is 1.65. The molecule has 0 fully saturated rings. The number of aryl methyl sites for hydroxylation is 1. The molecule has 202 valence electrons. The zero-order valence-electron chi connectivity index (χ0n) is 22.7. The van der Waals surface area contributed by atoms with Gasteiger partial charge in [-0.3, -0.25) is 14.2 Å². The summed E-state index contributed by atoms with van der Waals surface area (Å²) in [6, 6.07) is 22.1. The highest BCUT2D eigenvalue weighted by Gasteiger charge is 2.33. The number of ether oxygens (including phenoxy) is 2. The molecule has 1 aliphatic rings. The van der Waals surface area contributed by atoms with Gasteiger partial charge in [-0.15, -0.1) is 0 Å². The monoisotopic (exact) mass is 551 g/mol. The van der Waals surface area contributed by atoms with Gasteiger partial charge >= 0.3 is 0 Å². The molecule has 2 heterocycles. The number of anilines is 1. The normalized spacial score (nSPS) is 15.1. The van der Waals surface area contributed by atoms with Crippen LogP contribution in [-0.2, 0) is 4.79 Å². The van der Waals surface area contributed by atoms with Gasteiger partial charge in [0.25, 0.3) is 11.5 Å². The van der Waals surface area contributed by atoms with Gasteiger partial charge in [-0.05, 0) is 54.8 Å². The van der Waals surface area contributed by atoms with E-state index in [0.717, 1.165) is 11.1 Å². The topological polar surface area (TPSA) is 81.9 Å². The van der Waals surface area contributed by atoms with E-state index in [0.29, 0.717) is 43.4 Å². The summed E-state index contributed by atoms with van der Waals surface area (Å²) < 4.78 is 13.1. The molecule has 1 amide bonds. The van der Waals surface area contributed by atoms with Gasteiger partial charge in [0.1, 0.15) is 0 Å². The van der Waals surface area contributed by atoms with Crippen LogP contribution < -0.4 is 29.7 Å². The molecular weight excluding hydrogens is 522 g/mol. The molecule has 40 heavy (non-hydrogen) atoms. The molecule has 0 aliphatic carbocycles. The SMILES string of the molecule is COc1ccc([C@@H]2C(C(=O)Nc3ccccc3C)=C(C)N=c3s/c(=C/C=C/c4ccccc4)c(=O)n32)cc1OC. The van der Waals surface area contributed by atoms with E-state index in [1.54, 1.807) is 43.9 Å². The highest BCUT2D eigenvalue weighted by Crippen LogP contribution is 2.36. The van der Waals surface area contributed by atoms with E-state index in [2.05, 4.69) is 5.32 Å². The van der Waals surface area contributed by atoms with E-state index in [4.69, 9.17) is 14.5 Å². The van der Waals surface area contributed by atoms with Crippen LogP contribution >= 0.6 is 11.3 Å². The van der Waals surface area contributed by atoms with Crippen LogP contribution in [0.1, 0.15) is 29.7 Å². The largest absolute Gasteiger partial charge is 0.493 e. The number of hydrogen-bond acceptors (Lipinski definition) is 6. The Bertz CT molecular complexity index is 1820. The standard InChI is InChI=1S/C32H29N3O4S/c1-20-11-8-9-15-24(20)34-30(36)28-21(2)33-32-35(29(28)23-17-18-25(38-3)26(19-23)39-4)31(37)27(40-32)16-10-14-22-12-6-5-7-13-22/h5-19,29H,1-4H3,(H,34,36)/b14-10+,27-16+/t29-/m1/s1. The van der Waals surface area contributed by atoms with Crippen molar-refractivity contribution in [3.63, 3.8) is 0 Å². The summed E-state index contributed by atoms with van der Waals surface area (Å²) in [5, 5.41) is 3.03. The van der Waals surface area contributed by atoms with Crippen molar-refractivity contribution in [1.29, 1.82) is 0 Å². The van der Waals surface area contributed by atoms with Gasteiger partial charge in [-0.2, -0.15) is 0 Å². The fourth-order valence-corrected chi connectivity index (χ4v) is 5.68. The molecule has 3 aromatic carbocycles. The van der Waals surface area contributed by atoms with Crippen LogP contribution in [0.5, 0.6) is 11.5 Å². The van der Waals surface area contributed by atoms with Crippen molar-refractivity contribution < 1.29 is 14.3 Å². The van der Waals surface area contributed by atoms with Crippen LogP contribution in [0.4, 0.5) is 5.69 Å². The molecular formula is C32H29N3O4S. The lowest BCUT2D eigenvalue weighted by molar-refractivity contribution is -0.113. The molecule has 1 atom stereocenters. The van der Waals surface area contributed by atoms with E-state index in [-0.39, 0.29) is 11.5 Å². The highest BCUT2D eigenvalue weighted by atomic mass is 32.1. The number of fused-ring (bicyclic) bond motifs is 1. The number of allylic oxidation sites excluding steroid dienone is 2. The minimum Gasteiger partial charge on any atom is -0.493 e. The van der Waals surface area contributed by atoms with E-state index < -0.39 is 6.04 Å². The Morgan fingerprint density at radius 2 is 1.70 bits per heavy atom. The van der Waals surface area contributed by atoms with Crippen LogP contribution in [0, 0.1) is 6.92 Å². The van der Waals surface area contributed by atoms with Crippen LogP contribution in [0.3, 0.4) is 0 Å². The maximum atomic E-state index is 13.8. The highest BCUT2D eigenvalue weighted by molar-refractivity contribution is 7.07. The summed E-state index contributed by atoms with van der Waals surface area (Å²) in [7, 11) is 3.12. The summed E-state index contributed by atoms with van der Waals surface area (Å²) >= 11 is 1.29. The predicted molar refractivity (Wildman–Crippen MR) is 159 cm³/mol. The van der Waals surface area contributed by atoms with Crippen molar-refractivity contribution in [3.8, 4) is 11.5 Å². The smallest absolute Gasteiger partial charge is 0.271 e. The average Bonchev–Trinajstić information content (AvgIpc) is 3.27. The molecule has 7 nitrogen and oxygen atoms in total. The predicted octanol–water partition coefficient (Wildman–Crippen LogP) is 4.86. The van der Waals surface area contributed by atoms with Crippen molar-refractivity contribution in [3.05, 3.63) is 127 Å². The van der Waals surface area contributed by atoms with Crippen LogP contribution in [0.2, 0.25) is 0 Å². The van der Waals surface area contributed by atoms with E-state index in [1.807, 2.05) is 79.7 Å². The molecule has 0 radical (unpaired) electrons. The first-order valence-corrected chi connectivity index (χ1v) is 13.6. The number of benzene rings is 3. The number of methoxy groups -OCH3 is 2. The van der Waals surface area contributed by atoms with Crippen LogP contribution in [-0.4, -0.2) is 24.7 Å². The lowest BCUT2D eigenvalue weighted by atomic mass is 9.94. The zero-order valence-corrected chi connectivity index (χ0v) is 23.5. The Morgan fingerprint density at radius 1 is 0.975 bits per heavy atom. The van der Waals surface area contributed by atoms with Gasteiger partial charge in [0, 0.05) is 5.69 Å². The Kier molecular flexibility index (Phi) is 7.79. The molecule has 4 aromatic rings. The van der Waals surface area contributed by atoms with Crippen LogP contribution in [0.15, 0.2) is 99.9 Å². The first kappa shape index (κ1) is 26.9. The third-order valence-corrected chi connectivity index (χ3v) is 7.72. The molecule has 0 saturated carbocycles. The molecule has 0 saturated heterocycles. The number of rotatable bonds is 7. The van der Waals surface area contributed by atoms with Crippen molar-refractivity contribution in [2.24, 2.45) is 4.99 Å². The van der Waals surface area contributed by atoms with Gasteiger partial charge in [0.2, 0.25) is 0 Å². The number of amides is 1. The van der Waals surface area contributed by atoms with Gasteiger partial charge in [-0.1, -0.05) is 78.1 Å². The number of carbonyl (C=O) groups excluding carboxylic acids is 1. The molecule has 0 spiro atoms. The second-order valence-electron chi connectivity index (χ2n) is 9.26. The first-order valence-electron chi connectivity index (χ1n) is 12.7. The Labute approximate surface area is 236 Å². The minimum absolute atomic E-state index is 0.227. The summed E-state index contributed by atoms with van der Waals surface area (Å²) in [4.78, 5) is 32.9. The van der Waals surface area contributed by atoms with E-state index >= 15 is 0 Å². The van der Waals surface area contributed by atoms with Crippen molar-refractivity contribution in [2.75, 3.05) is 19.5 Å². The second-order valence-corrected chi connectivity index (χ2v) is 10.3. The van der Waals surface area contributed by atoms with Crippen molar-refractivity contribution >= 4 is 35.1 Å². The third kappa shape index (κ3) is 5.26. The fourth-order valence-electron chi connectivity index (χ4n) is 4.68. The molecule has 0 bridgehead atoms. The number of nitrogens with zero attached hydrogens (tertiary/aromatic N) is 2. The van der Waals surface area contributed by atoms with Gasteiger partial charge in [-0.25, -0.2) is 4.99 Å². The maximum absolute atomic E-state index is 13.8. The number of carbonyl (C=O) groups is 1. The van der Waals surface area contributed by atoms with E-state index in [9.17, 15) is 9.59 Å². The lowest BCUT2D eigenvalue weighted by Gasteiger charge is -2.26. The molecule has 1 aliphatic heterocycles. The second kappa shape index (κ2) is 11.6. The fraction of sp³-hybridized carbons (Fsp3) is 0.156. The average molecular weight is 552 g/mol.